The van der Waals surface area contributed by atoms with Crippen molar-refractivity contribution in [1.82, 2.24) is 21.5 Å². The van der Waals surface area contributed by atoms with Crippen LogP contribution in [0.5, 0.6) is 0 Å². The Morgan fingerprint density at radius 1 is 0.682 bits per heavy atom. The number of rotatable bonds is 2. The highest BCUT2D eigenvalue weighted by Gasteiger charge is 2.36. The standard InChI is InChI=1S/C16H22N4S2/c21-15(17-13-7-9-1-3-11(13)5-9)19-20-16(22)18-14-8-10-2-4-12(14)6-10/h1-4,9-14H,5-8H2,(H2,17,19,21)(H2,18,20,22)/t9-,10+,11-,12+,13-,14-/m1/s1. The first-order chi connectivity index (χ1) is 10.7. The van der Waals surface area contributed by atoms with Crippen molar-refractivity contribution in [3.05, 3.63) is 24.3 Å². The molecule has 0 aromatic rings. The van der Waals surface area contributed by atoms with Crippen LogP contribution in [0.15, 0.2) is 24.3 Å². The van der Waals surface area contributed by atoms with Gasteiger partial charge in [0, 0.05) is 12.1 Å². The van der Waals surface area contributed by atoms with Gasteiger partial charge in [-0.3, -0.25) is 10.9 Å². The molecule has 0 unspecified atom stereocenters. The maximum absolute atomic E-state index is 5.35. The summed E-state index contributed by atoms with van der Waals surface area (Å²) in [5.41, 5.74) is 6.02. The SMILES string of the molecule is S=C(NNC(=S)N[C@@H]1C[C@H]2C=C[C@H]1C2)N[C@@H]1C[C@@H]2C=C[C@@H]1C2. The van der Waals surface area contributed by atoms with Crippen molar-refractivity contribution < 1.29 is 0 Å². The van der Waals surface area contributed by atoms with Crippen LogP contribution in [-0.2, 0) is 0 Å². The molecular formula is C16H22N4S2. The van der Waals surface area contributed by atoms with E-state index in [1.165, 1.54) is 25.7 Å². The Morgan fingerprint density at radius 2 is 1.14 bits per heavy atom. The van der Waals surface area contributed by atoms with Crippen molar-refractivity contribution >= 4 is 34.7 Å². The molecule has 4 aliphatic carbocycles. The molecule has 4 N–H and O–H groups in total. The minimum Gasteiger partial charge on any atom is -0.358 e. The van der Waals surface area contributed by atoms with Gasteiger partial charge in [0.25, 0.3) is 0 Å². The van der Waals surface area contributed by atoms with E-state index in [1.54, 1.807) is 0 Å². The zero-order valence-electron chi connectivity index (χ0n) is 12.4. The van der Waals surface area contributed by atoms with E-state index in [4.69, 9.17) is 24.4 Å². The molecule has 118 valence electrons. The van der Waals surface area contributed by atoms with Crippen LogP contribution >= 0.6 is 24.4 Å². The van der Waals surface area contributed by atoms with Crippen LogP contribution in [0.1, 0.15) is 25.7 Å². The second-order valence-electron chi connectivity index (χ2n) is 6.97. The summed E-state index contributed by atoms with van der Waals surface area (Å²) in [6, 6.07) is 0.933. The lowest BCUT2D eigenvalue weighted by Crippen LogP contribution is -2.54. The molecule has 0 heterocycles. The summed E-state index contributed by atoms with van der Waals surface area (Å²) in [7, 11) is 0. The van der Waals surface area contributed by atoms with Gasteiger partial charge < -0.3 is 10.6 Å². The van der Waals surface area contributed by atoms with Gasteiger partial charge in [-0.05, 0) is 73.8 Å². The third-order valence-corrected chi connectivity index (χ3v) is 5.92. The molecule has 0 aliphatic heterocycles. The predicted molar refractivity (Wildman–Crippen MR) is 96.0 cm³/mol. The van der Waals surface area contributed by atoms with Gasteiger partial charge in [-0.2, -0.15) is 0 Å². The molecule has 4 rings (SSSR count). The average molecular weight is 335 g/mol. The number of hydrogen-bond donors (Lipinski definition) is 4. The van der Waals surface area contributed by atoms with Crippen LogP contribution in [0.25, 0.3) is 0 Å². The monoisotopic (exact) mass is 334 g/mol. The zero-order chi connectivity index (χ0) is 15.1. The van der Waals surface area contributed by atoms with Gasteiger partial charge in [-0.1, -0.05) is 24.3 Å². The van der Waals surface area contributed by atoms with Crippen LogP contribution in [-0.4, -0.2) is 22.3 Å². The molecule has 0 amide bonds. The van der Waals surface area contributed by atoms with Gasteiger partial charge >= 0.3 is 0 Å². The smallest absolute Gasteiger partial charge is 0.185 e. The highest BCUT2D eigenvalue weighted by Crippen LogP contribution is 2.39. The topological polar surface area (TPSA) is 48.1 Å². The Bertz CT molecular complexity index is 496. The minimum absolute atomic E-state index is 0.467. The van der Waals surface area contributed by atoms with Crippen LogP contribution in [0.2, 0.25) is 0 Å². The second-order valence-corrected chi connectivity index (χ2v) is 7.79. The third-order valence-electron chi connectivity index (χ3n) is 5.48. The maximum Gasteiger partial charge on any atom is 0.185 e. The number of allylic oxidation sites excluding steroid dienone is 2. The predicted octanol–water partition coefficient (Wildman–Crippen LogP) is 1.76. The molecule has 4 aliphatic rings. The van der Waals surface area contributed by atoms with Gasteiger partial charge in [-0.15, -0.1) is 0 Å². The number of thiocarbonyl (C=S) groups is 2. The van der Waals surface area contributed by atoms with Gasteiger partial charge in [0.2, 0.25) is 0 Å². The number of nitrogens with one attached hydrogen (secondary N) is 4. The molecule has 22 heavy (non-hydrogen) atoms. The summed E-state index contributed by atoms with van der Waals surface area (Å²) < 4.78 is 0. The van der Waals surface area contributed by atoms with Crippen molar-refractivity contribution in [1.29, 1.82) is 0 Å². The van der Waals surface area contributed by atoms with Crippen molar-refractivity contribution in [2.24, 2.45) is 23.7 Å². The summed E-state index contributed by atoms with van der Waals surface area (Å²) in [5.74, 6) is 2.75. The van der Waals surface area contributed by atoms with Crippen LogP contribution in [0, 0.1) is 23.7 Å². The van der Waals surface area contributed by atoms with Crippen molar-refractivity contribution in [2.45, 2.75) is 37.8 Å². The summed E-state index contributed by atoms with van der Waals surface area (Å²) in [5, 5.41) is 8.04. The zero-order valence-corrected chi connectivity index (χ0v) is 14.1. The van der Waals surface area contributed by atoms with Crippen molar-refractivity contribution in [3.63, 3.8) is 0 Å². The van der Waals surface area contributed by atoms with Crippen LogP contribution in [0.4, 0.5) is 0 Å². The number of hydrazine groups is 1. The fourth-order valence-corrected chi connectivity index (χ4v) is 4.82. The van der Waals surface area contributed by atoms with E-state index < -0.39 is 0 Å². The first kappa shape index (κ1) is 14.5. The lowest BCUT2D eigenvalue weighted by atomic mass is 10.0. The molecule has 2 fully saturated rings. The van der Waals surface area contributed by atoms with Gasteiger partial charge in [-0.25, -0.2) is 0 Å². The van der Waals surface area contributed by atoms with E-state index in [2.05, 4.69) is 45.8 Å². The Balaban J connectivity index is 1.18. The Kier molecular flexibility index (Phi) is 3.82. The summed E-state index contributed by atoms with van der Waals surface area (Å²) in [6.07, 6.45) is 14.2. The molecule has 6 atom stereocenters. The largest absolute Gasteiger partial charge is 0.358 e. The average Bonchev–Trinajstić information content (AvgIpc) is 3.25. The maximum atomic E-state index is 5.35. The summed E-state index contributed by atoms with van der Waals surface area (Å²) >= 11 is 10.7. The van der Waals surface area contributed by atoms with Gasteiger partial charge in [0.1, 0.15) is 0 Å². The fraction of sp³-hybridized carbons (Fsp3) is 0.625. The quantitative estimate of drug-likeness (QED) is 0.351. The Morgan fingerprint density at radius 3 is 1.45 bits per heavy atom. The normalized spacial score (nSPS) is 40.0. The Labute approximate surface area is 142 Å². The second kappa shape index (κ2) is 5.81. The first-order valence-electron chi connectivity index (χ1n) is 8.17. The van der Waals surface area contributed by atoms with E-state index in [9.17, 15) is 0 Å². The summed E-state index contributed by atoms with van der Waals surface area (Å²) in [4.78, 5) is 0. The molecule has 0 aromatic heterocycles. The van der Waals surface area contributed by atoms with E-state index in [0.29, 0.717) is 34.1 Å². The third kappa shape index (κ3) is 2.86. The first-order valence-corrected chi connectivity index (χ1v) is 8.98. The molecule has 2 saturated carbocycles. The van der Waals surface area contributed by atoms with E-state index >= 15 is 0 Å². The molecule has 0 aromatic carbocycles. The summed E-state index contributed by atoms with van der Waals surface area (Å²) in [6.45, 7) is 0. The minimum atomic E-state index is 0.467. The van der Waals surface area contributed by atoms with Crippen LogP contribution < -0.4 is 21.5 Å². The molecule has 6 heteroatoms. The van der Waals surface area contributed by atoms with E-state index in [0.717, 1.165) is 11.8 Å². The highest BCUT2D eigenvalue weighted by atomic mass is 32.1. The van der Waals surface area contributed by atoms with Crippen LogP contribution in [0.3, 0.4) is 0 Å². The number of hydrogen-bond acceptors (Lipinski definition) is 2. The van der Waals surface area contributed by atoms with Gasteiger partial charge in [0.15, 0.2) is 10.2 Å². The number of fused-ring (bicyclic) bond motifs is 4. The molecule has 4 nitrogen and oxygen atoms in total. The van der Waals surface area contributed by atoms with E-state index in [1.807, 2.05) is 0 Å². The lowest BCUT2D eigenvalue weighted by Gasteiger charge is -2.24. The molecule has 4 bridgehead atoms. The van der Waals surface area contributed by atoms with Crippen molar-refractivity contribution in [3.8, 4) is 0 Å². The fourth-order valence-electron chi connectivity index (χ4n) is 4.42. The Hall–Kier alpha value is -1.14. The van der Waals surface area contributed by atoms with Crippen molar-refractivity contribution in [2.75, 3.05) is 0 Å². The molecule has 0 radical (unpaired) electrons. The molecule has 0 spiro atoms. The van der Waals surface area contributed by atoms with E-state index in [-0.39, 0.29) is 0 Å². The molecule has 0 saturated heterocycles. The lowest BCUT2D eigenvalue weighted by molar-refractivity contribution is 0.510. The molecular weight excluding hydrogens is 312 g/mol. The highest BCUT2D eigenvalue weighted by molar-refractivity contribution is 7.80. The van der Waals surface area contributed by atoms with Gasteiger partial charge in [0.05, 0.1) is 0 Å².